The molecular weight excluding hydrogens is 440 g/mol. The van der Waals surface area contributed by atoms with Crippen LogP contribution in [0.3, 0.4) is 0 Å². The monoisotopic (exact) mass is 460 g/mol. The molecule has 4 atom stereocenters. The van der Waals surface area contributed by atoms with E-state index in [-0.39, 0.29) is 17.4 Å². The molecule has 0 spiro atoms. The molecule has 0 saturated carbocycles. The Balaban J connectivity index is 1.23. The van der Waals surface area contributed by atoms with E-state index in [0.717, 1.165) is 22.1 Å². The average molecular weight is 461 g/mol. The zero-order valence-corrected chi connectivity index (χ0v) is 17.9. The Labute approximate surface area is 183 Å². The predicted octanol–water partition coefficient (Wildman–Crippen LogP) is 2.96. The van der Waals surface area contributed by atoms with Crippen LogP contribution in [0.1, 0.15) is 0 Å². The molecule has 8 nitrogen and oxygen atoms in total. The fourth-order valence-corrected chi connectivity index (χ4v) is 6.19. The van der Waals surface area contributed by atoms with Crippen LogP contribution in [0.5, 0.6) is 0 Å². The highest BCUT2D eigenvalue weighted by Gasteiger charge is 2.50. The normalized spacial score (nSPS) is 25.4. The number of rotatable bonds is 5. The Hall–Kier alpha value is -2.50. The first-order valence-electron chi connectivity index (χ1n) is 9.76. The standard InChI is InChI=1S/C21H20N2O6S2/c24-21(22-15-8-3-6-13-5-1-2-7-14(13)15)29-17-12-28-19-16(11-27-20(17)19)23-31(25,26)18-9-4-10-30-18/h1-10,16-17,19-20,23H,11-12H2,(H,22,24)/t16-,17-,19-,20+/m0/s1. The number of carbonyl (C=O) groups excluding carboxylic acids is 1. The van der Waals surface area contributed by atoms with E-state index < -0.39 is 40.5 Å². The molecule has 2 saturated heterocycles. The van der Waals surface area contributed by atoms with Gasteiger partial charge in [0.25, 0.3) is 0 Å². The summed E-state index contributed by atoms with van der Waals surface area (Å²) in [5.74, 6) is 0. The van der Waals surface area contributed by atoms with Gasteiger partial charge in [-0.3, -0.25) is 5.32 Å². The number of hydrogen-bond donors (Lipinski definition) is 2. The smallest absolute Gasteiger partial charge is 0.412 e. The number of sulfonamides is 1. The molecule has 31 heavy (non-hydrogen) atoms. The molecule has 2 aliphatic rings. The van der Waals surface area contributed by atoms with Crippen LogP contribution in [-0.4, -0.2) is 52.1 Å². The zero-order valence-electron chi connectivity index (χ0n) is 16.3. The second-order valence-electron chi connectivity index (χ2n) is 7.35. The fraction of sp³-hybridized carbons (Fsp3) is 0.286. The highest BCUT2D eigenvalue weighted by Crippen LogP contribution is 2.31. The quantitative estimate of drug-likeness (QED) is 0.607. The van der Waals surface area contributed by atoms with Gasteiger partial charge >= 0.3 is 6.09 Å². The summed E-state index contributed by atoms with van der Waals surface area (Å²) in [5, 5.41) is 6.39. The van der Waals surface area contributed by atoms with Crippen LogP contribution in [0.25, 0.3) is 10.8 Å². The molecular formula is C21H20N2O6S2. The first kappa shape index (κ1) is 20.4. The summed E-state index contributed by atoms with van der Waals surface area (Å²) in [6, 6.07) is 16.0. The molecule has 1 aromatic heterocycles. The van der Waals surface area contributed by atoms with Crippen molar-refractivity contribution >= 4 is 43.9 Å². The van der Waals surface area contributed by atoms with Crippen molar-refractivity contribution in [2.45, 2.75) is 28.6 Å². The molecule has 0 bridgehead atoms. The summed E-state index contributed by atoms with van der Waals surface area (Å²) in [7, 11) is -3.65. The highest BCUT2D eigenvalue weighted by molar-refractivity contribution is 7.91. The van der Waals surface area contributed by atoms with Crippen molar-refractivity contribution in [3.63, 3.8) is 0 Å². The lowest BCUT2D eigenvalue weighted by Gasteiger charge is -2.18. The Bertz CT molecular complexity index is 1190. The number of thiophene rings is 1. The van der Waals surface area contributed by atoms with Gasteiger partial charge in [-0.25, -0.2) is 17.9 Å². The van der Waals surface area contributed by atoms with E-state index in [0.29, 0.717) is 5.69 Å². The maximum Gasteiger partial charge on any atom is 0.412 e. The third-order valence-corrected chi connectivity index (χ3v) is 8.25. The number of benzene rings is 2. The van der Waals surface area contributed by atoms with Crippen LogP contribution in [0.15, 0.2) is 64.2 Å². The lowest BCUT2D eigenvalue weighted by Crippen LogP contribution is -2.44. The summed E-state index contributed by atoms with van der Waals surface area (Å²) in [4.78, 5) is 12.5. The molecule has 3 heterocycles. The zero-order chi connectivity index (χ0) is 21.4. The van der Waals surface area contributed by atoms with Gasteiger partial charge in [-0.05, 0) is 22.9 Å². The van der Waals surface area contributed by atoms with Crippen LogP contribution in [-0.2, 0) is 24.2 Å². The van der Waals surface area contributed by atoms with E-state index in [1.807, 2.05) is 36.4 Å². The lowest BCUT2D eigenvalue weighted by molar-refractivity contribution is 0.00884. The van der Waals surface area contributed by atoms with Gasteiger partial charge in [-0.2, -0.15) is 0 Å². The molecule has 10 heteroatoms. The van der Waals surface area contributed by atoms with Crippen molar-refractivity contribution < 1.29 is 27.4 Å². The van der Waals surface area contributed by atoms with E-state index in [2.05, 4.69) is 10.0 Å². The van der Waals surface area contributed by atoms with Gasteiger partial charge in [0.1, 0.15) is 16.4 Å². The Morgan fingerprint density at radius 3 is 2.65 bits per heavy atom. The molecule has 0 aliphatic carbocycles. The number of hydrogen-bond acceptors (Lipinski definition) is 7. The molecule has 5 rings (SSSR count). The lowest BCUT2D eigenvalue weighted by atomic mass is 10.1. The molecule has 0 radical (unpaired) electrons. The largest absolute Gasteiger partial charge is 0.441 e. The van der Waals surface area contributed by atoms with Crippen LogP contribution >= 0.6 is 11.3 Å². The minimum absolute atomic E-state index is 0.134. The van der Waals surface area contributed by atoms with E-state index in [4.69, 9.17) is 14.2 Å². The Morgan fingerprint density at radius 2 is 1.81 bits per heavy atom. The minimum atomic E-state index is -3.65. The van der Waals surface area contributed by atoms with Crippen LogP contribution in [0, 0.1) is 0 Å². The number of anilines is 1. The van der Waals surface area contributed by atoms with Gasteiger partial charge < -0.3 is 14.2 Å². The van der Waals surface area contributed by atoms with Crippen molar-refractivity contribution in [1.29, 1.82) is 0 Å². The summed E-state index contributed by atoms with van der Waals surface area (Å²) in [5.41, 5.74) is 0.646. The first-order chi connectivity index (χ1) is 15.0. The van der Waals surface area contributed by atoms with Gasteiger partial charge in [0, 0.05) is 5.39 Å². The second kappa shape index (κ2) is 8.21. The summed E-state index contributed by atoms with van der Waals surface area (Å²) < 4.78 is 44.9. The third kappa shape index (κ3) is 4.04. The SMILES string of the molecule is O=C(Nc1cccc2ccccc12)O[C@H]1CO[C@@H]2[C@@H]1OC[C@@H]2NS(=O)(=O)c1cccs1. The third-order valence-electron chi connectivity index (χ3n) is 5.36. The van der Waals surface area contributed by atoms with Crippen LogP contribution in [0.2, 0.25) is 0 Å². The van der Waals surface area contributed by atoms with Crippen molar-refractivity contribution in [2.75, 3.05) is 18.5 Å². The fourth-order valence-electron chi connectivity index (χ4n) is 3.95. The maximum absolute atomic E-state index is 12.5. The molecule has 162 valence electrons. The minimum Gasteiger partial charge on any atom is -0.441 e. The molecule has 3 aromatic rings. The summed E-state index contributed by atoms with van der Waals surface area (Å²) in [6.07, 6.45) is -2.30. The van der Waals surface area contributed by atoms with Gasteiger partial charge in [-0.1, -0.05) is 42.5 Å². The first-order valence-corrected chi connectivity index (χ1v) is 12.1. The van der Waals surface area contributed by atoms with E-state index in [9.17, 15) is 13.2 Å². The number of amides is 1. The number of fused-ring (bicyclic) bond motifs is 2. The number of ether oxygens (including phenoxy) is 3. The molecule has 0 unspecified atom stereocenters. The van der Waals surface area contributed by atoms with E-state index >= 15 is 0 Å². The van der Waals surface area contributed by atoms with Crippen molar-refractivity contribution in [3.05, 3.63) is 60.0 Å². The van der Waals surface area contributed by atoms with Crippen LogP contribution < -0.4 is 10.0 Å². The highest BCUT2D eigenvalue weighted by atomic mass is 32.2. The maximum atomic E-state index is 12.5. The molecule has 2 fully saturated rings. The topological polar surface area (TPSA) is 103 Å². The summed E-state index contributed by atoms with van der Waals surface area (Å²) >= 11 is 1.14. The number of nitrogens with one attached hydrogen (secondary N) is 2. The molecule has 2 aliphatic heterocycles. The average Bonchev–Trinajstić information content (AvgIpc) is 3.49. The molecule has 1 amide bonds. The Kier molecular flexibility index (Phi) is 5.40. The second-order valence-corrected chi connectivity index (χ2v) is 10.2. The van der Waals surface area contributed by atoms with Crippen LogP contribution in [0.4, 0.5) is 10.5 Å². The van der Waals surface area contributed by atoms with Gasteiger partial charge in [0.05, 0.1) is 24.9 Å². The predicted molar refractivity (Wildman–Crippen MR) is 116 cm³/mol. The van der Waals surface area contributed by atoms with Crippen molar-refractivity contribution in [3.8, 4) is 0 Å². The van der Waals surface area contributed by atoms with Gasteiger partial charge in [-0.15, -0.1) is 11.3 Å². The van der Waals surface area contributed by atoms with Crippen molar-refractivity contribution in [1.82, 2.24) is 4.72 Å². The van der Waals surface area contributed by atoms with Crippen molar-refractivity contribution in [2.24, 2.45) is 0 Å². The number of carbonyl (C=O) groups is 1. The Morgan fingerprint density at radius 1 is 1.00 bits per heavy atom. The summed E-state index contributed by atoms with van der Waals surface area (Å²) in [6.45, 7) is 0.278. The van der Waals surface area contributed by atoms with E-state index in [1.54, 1.807) is 23.6 Å². The molecule has 2 aromatic carbocycles. The van der Waals surface area contributed by atoms with Gasteiger partial charge in [0.15, 0.2) is 6.10 Å². The van der Waals surface area contributed by atoms with E-state index in [1.165, 1.54) is 0 Å². The van der Waals surface area contributed by atoms with Gasteiger partial charge in [0.2, 0.25) is 10.0 Å². The molecule has 2 N–H and O–H groups in total.